The lowest BCUT2D eigenvalue weighted by molar-refractivity contribution is 0.0699. The predicted molar refractivity (Wildman–Crippen MR) is 71.2 cm³/mol. The van der Waals surface area contributed by atoms with Crippen molar-refractivity contribution in [1.29, 1.82) is 0 Å². The molecule has 0 aliphatic carbocycles. The summed E-state index contributed by atoms with van der Waals surface area (Å²) in [6.45, 7) is 2.80. The van der Waals surface area contributed by atoms with Crippen LogP contribution in [0.5, 0.6) is 0 Å². The third-order valence-corrected chi connectivity index (χ3v) is 3.74. The SMILES string of the molecule is Clc1ccc(NCC2CCOCC2)c(Br)c1. The number of anilines is 1. The third kappa shape index (κ3) is 3.37. The standard InChI is InChI=1S/C12H15BrClNO/c13-11-7-10(14)1-2-12(11)15-8-9-3-5-16-6-4-9/h1-2,7,9,15H,3-6,8H2. The fourth-order valence-electron chi connectivity index (χ4n) is 1.84. The van der Waals surface area contributed by atoms with Crippen LogP contribution >= 0.6 is 27.5 Å². The lowest BCUT2D eigenvalue weighted by Crippen LogP contribution is -2.22. The monoisotopic (exact) mass is 303 g/mol. The average molecular weight is 305 g/mol. The van der Waals surface area contributed by atoms with Crippen molar-refractivity contribution in [3.05, 3.63) is 27.7 Å². The van der Waals surface area contributed by atoms with E-state index in [1.807, 2.05) is 18.2 Å². The lowest BCUT2D eigenvalue weighted by Gasteiger charge is -2.23. The summed E-state index contributed by atoms with van der Waals surface area (Å²) in [6, 6.07) is 5.82. The molecule has 1 aliphatic heterocycles. The fourth-order valence-corrected chi connectivity index (χ4v) is 2.66. The van der Waals surface area contributed by atoms with Gasteiger partial charge in [0.25, 0.3) is 0 Å². The summed E-state index contributed by atoms with van der Waals surface area (Å²) in [7, 11) is 0. The molecule has 0 atom stereocenters. The van der Waals surface area contributed by atoms with Crippen LogP contribution in [0, 0.1) is 5.92 Å². The Balaban J connectivity index is 1.88. The molecule has 0 radical (unpaired) electrons. The maximum absolute atomic E-state index is 5.89. The molecule has 4 heteroatoms. The van der Waals surface area contributed by atoms with Crippen molar-refractivity contribution >= 4 is 33.2 Å². The molecule has 0 saturated carbocycles. The van der Waals surface area contributed by atoms with Gasteiger partial charge in [0.05, 0.1) is 0 Å². The molecule has 1 N–H and O–H groups in total. The molecule has 1 heterocycles. The number of rotatable bonds is 3. The molecular weight excluding hydrogens is 289 g/mol. The van der Waals surface area contributed by atoms with E-state index >= 15 is 0 Å². The summed E-state index contributed by atoms with van der Waals surface area (Å²) >= 11 is 9.39. The average Bonchev–Trinajstić information content (AvgIpc) is 2.29. The summed E-state index contributed by atoms with van der Waals surface area (Å²) in [4.78, 5) is 0. The molecule has 1 aromatic rings. The molecule has 2 nitrogen and oxygen atoms in total. The van der Waals surface area contributed by atoms with Gasteiger partial charge >= 0.3 is 0 Å². The number of benzene rings is 1. The summed E-state index contributed by atoms with van der Waals surface area (Å²) in [6.07, 6.45) is 2.30. The highest BCUT2D eigenvalue weighted by Gasteiger charge is 2.13. The quantitative estimate of drug-likeness (QED) is 0.913. The first-order chi connectivity index (χ1) is 7.75. The molecule has 1 aliphatic rings. The van der Waals surface area contributed by atoms with Gasteiger partial charge in [-0.05, 0) is 52.9 Å². The Morgan fingerprint density at radius 2 is 2.12 bits per heavy atom. The molecule has 16 heavy (non-hydrogen) atoms. The number of ether oxygens (including phenoxy) is 1. The minimum absolute atomic E-state index is 0.719. The van der Waals surface area contributed by atoms with E-state index < -0.39 is 0 Å². The van der Waals surface area contributed by atoms with E-state index in [4.69, 9.17) is 16.3 Å². The number of halogens is 2. The van der Waals surface area contributed by atoms with Gasteiger partial charge < -0.3 is 10.1 Å². The summed E-state index contributed by atoms with van der Waals surface area (Å²) in [5, 5.41) is 4.20. The van der Waals surface area contributed by atoms with Crippen LogP contribution in [-0.4, -0.2) is 19.8 Å². The Kier molecular flexibility index (Phi) is 4.50. The fraction of sp³-hybridized carbons (Fsp3) is 0.500. The Morgan fingerprint density at radius 3 is 2.81 bits per heavy atom. The van der Waals surface area contributed by atoms with Crippen molar-refractivity contribution in [3.63, 3.8) is 0 Å². The highest BCUT2D eigenvalue weighted by Crippen LogP contribution is 2.26. The van der Waals surface area contributed by atoms with Crippen LogP contribution in [0.4, 0.5) is 5.69 Å². The van der Waals surface area contributed by atoms with E-state index in [1.165, 1.54) is 0 Å². The van der Waals surface area contributed by atoms with Crippen LogP contribution in [0.15, 0.2) is 22.7 Å². The van der Waals surface area contributed by atoms with E-state index in [9.17, 15) is 0 Å². The Hall–Kier alpha value is -0.250. The molecule has 0 unspecified atom stereocenters. The number of nitrogens with one attached hydrogen (secondary N) is 1. The maximum Gasteiger partial charge on any atom is 0.0485 e. The smallest absolute Gasteiger partial charge is 0.0485 e. The molecule has 1 aromatic carbocycles. The van der Waals surface area contributed by atoms with Crippen molar-refractivity contribution in [3.8, 4) is 0 Å². The summed E-state index contributed by atoms with van der Waals surface area (Å²) in [5.41, 5.74) is 1.11. The van der Waals surface area contributed by atoms with E-state index in [2.05, 4.69) is 21.2 Å². The Morgan fingerprint density at radius 1 is 1.38 bits per heavy atom. The minimum Gasteiger partial charge on any atom is -0.384 e. The lowest BCUT2D eigenvalue weighted by atomic mass is 10.0. The van der Waals surface area contributed by atoms with Crippen molar-refractivity contribution in [2.75, 3.05) is 25.1 Å². The highest BCUT2D eigenvalue weighted by molar-refractivity contribution is 9.10. The Labute approximate surface area is 109 Å². The zero-order chi connectivity index (χ0) is 11.4. The first-order valence-electron chi connectivity index (χ1n) is 5.52. The van der Waals surface area contributed by atoms with Crippen molar-refractivity contribution in [1.82, 2.24) is 0 Å². The first kappa shape index (κ1) is 12.2. The molecule has 0 spiro atoms. The van der Waals surface area contributed by atoms with Gasteiger partial charge in [-0.1, -0.05) is 11.6 Å². The van der Waals surface area contributed by atoms with Gasteiger partial charge in [-0.2, -0.15) is 0 Å². The zero-order valence-electron chi connectivity index (χ0n) is 9.01. The third-order valence-electron chi connectivity index (χ3n) is 2.85. The predicted octanol–water partition coefficient (Wildman–Crippen LogP) is 3.94. The van der Waals surface area contributed by atoms with Crippen LogP contribution in [0.25, 0.3) is 0 Å². The Bertz CT molecular complexity index is 353. The van der Waals surface area contributed by atoms with Gasteiger partial charge in [0.1, 0.15) is 0 Å². The van der Waals surface area contributed by atoms with Crippen molar-refractivity contribution < 1.29 is 4.74 Å². The van der Waals surface area contributed by atoms with Crippen LogP contribution < -0.4 is 5.32 Å². The summed E-state index contributed by atoms with van der Waals surface area (Å²) < 4.78 is 6.36. The van der Waals surface area contributed by atoms with E-state index in [-0.39, 0.29) is 0 Å². The van der Waals surface area contributed by atoms with E-state index in [0.29, 0.717) is 0 Å². The highest BCUT2D eigenvalue weighted by atomic mass is 79.9. The molecule has 1 fully saturated rings. The van der Waals surface area contributed by atoms with Gasteiger partial charge in [-0.3, -0.25) is 0 Å². The zero-order valence-corrected chi connectivity index (χ0v) is 11.4. The van der Waals surface area contributed by atoms with E-state index in [1.54, 1.807) is 0 Å². The van der Waals surface area contributed by atoms with Crippen LogP contribution in [0.2, 0.25) is 5.02 Å². The largest absolute Gasteiger partial charge is 0.384 e. The van der Waals surface area contributed by atoms with Gasteiger partial charge in [-0.25, -0.2) is 0 Å². The van der Waals surface area contributed by atoms with Gasteiger partial charge in [-0.15, -0.1) is 0 Å². The second-order valence-electron chi connectivity index (χ2n) is 4.06. The first-order valence-corrected chi connectivity index (χ1v) is 6.69. The van der Waals surface area contributed by atoms with Crippen LogP contribution in [0.1, 0.15) is 12.8 Å². The normalized spacial score (nSPS) is 17.4. The van der Waals surface area contributed by atoms with Crippen LogP contribution in [0.3, 0.4) is 0 Å². The van der Waals surface area contributed by atoms with Crippen molar-refractivity contribution in [2.45, 2.75) is 12.8 Å². The second-order valence-corrected chi connectivity index (χ2v) is 5.35. The van der Waals surface area contributed by atoms with E-state index in [0.717, 1.165) is 53.7 Å². The molecular formula is C12H15BrClNO. The molecule has 0 aromatic heterocycles. The van der Waals surface area contributed by atoms with Gasteiger partial charge in [0.15, 0.2) is 0 Å². The minimum atomic E-state index is 0.719. The van der Waals surface area contributed by atoms with Gasteiger partial charge in [0.2, 0.25) is 0 Å². The topological polar surface area (TPSA) is 21.3 Å². The summed E-state index contributed by atoms with van der Waals surface area (Å²) in [5.74, 6) is 0.719. The second kappa shape index (κ2) is 5.89. The maximum atomic E-state index is 5.89. The number of hydrogen-bond acceptors (Lipinski definition) is 2. The molecule has 0 bridgehead atoms. The molecule has 0 amide bonds. The molecule has 2 rings (SSSR count). The number of hydrogen-bond donors (Lipinski definition) is 1. The van der Waals surface area contributed by atoms with Crippen LogP contribution in [-0.2, 0) is 4.74 Å². The molecule has 88 valence electrons. The van der Waals surface area contributed by atoms with Gasteiger partial charge in [0, 0.05) is 34.9 Å². The van der Waals surface area contributed by atoms with Crippen molar-refractivity contribution in [2.24, 2.45) is 5.92 Å². The molecule has 1 saturated heterocycles.